The molecule has 2 aromatic carbocycles. The molecular formula is C22H24N4O2. The highest BCUT2D eigenvalue weighted by molar-refractivity contribution is 5.79. The molecule has 6 nitrogen and oxygen atoms in total. The minimum atomic E-state index is 0.202. The molecular weight excluding hydrogens is 352 g/mol. The second-order valence-electron chi connectivity index (χ2n) is 7.31. The number of aromatic hydroxyl groups is 2. The van der Waals surface area contributed by atoms with Crippen LogP contribution < -0.4 is 26.9 Å². The molecule has 2 aliphatic rings. The van der Waals surface area contributed by atoms with Crippen LogP contribution in [0.2, 0.25) is 0 Å². The van der Waals surface area contributed by atoms with E-state index in [4.69, 9.17) is 15.7 Å². The molecule has 0 atom stereocenters. The molecule has 0 radical (unpaired) electrons. The van der Waals surface area contributed by atoms with Crippen molar-refractivity contribution < 1.29 is 10.2 Å². The van der Waals surface area contributed by atoms with Crippen LogP contribution in [0.3, 0.4) is 0 Å². The van der Waals surface area contributed by atoms with E-state index in [2.05, 4.69) is 4.90 Å². The van der Waals surface area contributed by atoms with Crippen molar-refractivity contribution in [3.05, 3.63) is 68.9 Å². The van der Waals surface area contributed by atoms with Gasteiger partial charge >= 0.3 is 0 Å². The van der Waals surface area contributed by atoms with Crippen molar-refractivity contribution in [3.63, 3.8) is 0 Å². The fraction of sp³-hybridized carbons (Fsp3) is 0.273. The van der Waals surface area contributed by atoms with Crippen molar-refractivity contribution in [1.29, 1.82) is 0 Å². The summed E-state index contributed by atoms with van der Waals surface area (Å²) in [6.07, 6.45) is 1.32. The lowest BCUT2D eigenvalue weighted by Gasteiger charge is -2.13. The van der Waals surface area contributed by atoms with Crippen molar-refractivity contribution in [3.8, 4) is 11.5 Å². The van der Waals surface area contributed by atoms with Gasteiger partial charge in [0.05, 0.1) is 22.1 Å². The Balaban J connectivity index is 2.03. The molecule has 0 bridgehead atoms. The number of fused-ring (bicyclic) bond motifs is 2. The number of benzene rings is 2. The Bertz CT molecular complexity index is 1230. The van der Waals surface area contributed by atoms with Crippen LogP contribution in [0.25, 0.3) is 11.1 Å². The van der Waals surface area contributed by atoms with Crippen molar-refractivity contribution in [2.75, 3.05) is 27.2 Å². The summed E-state index contributed by atoms with van der Waals surface area (Å²) in [4.78, 5) is 11.7. The minimum Gasteiger partial charge on any atom is -0.507 e. The van der Waals surface area contributed by atoms with Gasteiger partial charge in [-0.15, -0.1) is 0 Å². The third-order valence-electron chi connectivity index (χ3n) is 5.11. The van der Waals surface area contributed by atoms with Gasteiger partial charge in [-0.1, -0.05) is 12.1 Å². The first-order chi connectivity index (χ1) is 13.5. The zero-order valence-electron chi connectivity index (χ0n) is 16.1. The molecule has 0 aliphatic carbocycles. The number of rotatable bonds is 5. The molecule has 0 aromatic heterocycles. The average molecular weight is 376 g/mol. The largest absolute Gasteiger partial charge is 0.507 e. The molecule has 0 unspecified atom stereocenters. The molecule has 0 saturated heterocycles. The van der Waals surface area contributed by atoms with E-state index < -0.39 is 0 Å². The Labute approximate surface area is 163 Å². The third kappa shape index (κ3) is 3.00. The smallest absolute Gasteiger partial charge is 0.125 e. The maximum atomic E-state index is 10.5. The first kappa shape index (κ1) is 18.4. The minimum absolute atomic E-state index is 0.202. The highest BCUT2D eigenvalue weighted by atomic mass is 16.3. The van der Waals surface area contributed by atoms with Gasteiger partial charge in [0, 0.05) is 17.0 Å². The van der Waals surface area contributed by atoms with E-state index in [0.717, 1.165) is 56.7 Å². The summed E-state index contributed by atoms with van der Waals surface area (Å²) in [7, 11) is 4.04. The topological polar surface area (TPSA) is 94.4 Å². The summed E-state index contributed by atoms with van der Waals surface area (Å²) in [5.74, 6) is 0.429. The summed E-state index contributed by atoms with van der Waals surface area (Å²) in [5.41, 5.74) is 9.25. The van der Waals surface area contributed by atoms with E-state index in [9.17, 15) is 10.2 Å². The Kier molecular flexibility index (Phi) is 4.75. The number of phenolic OH excluding ortho intramolecular Hbond substituents is 2. The standard InChI is InChI=1S/C22H24N4O2/c1-26(2)12-10-14-20-16(6-4-8-18(20)28)25-22(14)21-13(9-11-23)19-15(24-21)5-3-7-17(19)27/h3-8,27-28H,9-12,23H2,1-2H3. The maximum absolute atomic E-state index is 10.5. The van der Waals surface area contributed by atoms with Gasteiger partial charge < -0.3 is 20.8 Å². The Morgan fingerprint density at radius 3 is 1.79 bits per heavy atom. The molecule has 0 amide bonds. The molecule has 2 aromatic rings. The van der Waals surface area contributed by atoms with Crippen LogP contribution in [-0.2, 0) is 0 Å². The predicted octanol–water partition coefficient (Wildman–Crippen LogP) is -0.122. The van der Waals surface area contributed by atoms with Gasteiger partial charge in [-0.3, -0.25) is 0 Å². The van der Waals surface area contributed by atoms with E-state index >= 15 is 0 Å². The van der Waals surface area contributed by atoms with E-state index in [1.165, 1.54) is 0 Å². The molecule has 0 spiro atoms. The molecule has 2 heterocycles. The molecule has 4 N–H and O–H groups in total. The molecule has 144 valence electrons. The second kappa shape index (κ2) is 7.22. The molecule has 6 heteroatoms. The van der Waals surface area contributed by atoms with Crippen LogP contribution in [0.4, 0.5) is 0 Å². The normalized spacial score (nSPS) is 17.6. The summed E-state index contributed by atoms with van der Waals surface area (Å²) in [5, 5.41) is 23.9. The molecule has 2 aliphatic heterocycles. The third-order valence-corrected chi connectivity index (χ3v) is 5.11. The van der Waals surface area contributed by atoms with Crippen molar-refractivity contribution in [2.24, 2.45) is 15.7 Å². The van der Waals surface area contributed by atoms with E-state index in [1.807, 2.05) is 26.2 Å². The summed E-state index contributed by atoms with van der Waals surface area (Å²) < 4.78 is 0. The van der Waals surface area contributed by atoms with Gasteiger partial charge in [0.25, 0.3) is 0 Å². The van der Waals surface area contributed by atoms with E-state index in [-0.39, 0.29) is 11.5 Å². The van der Waals surface area contributed by atoms with Gasteiger partial charge in [-0.2, -0.15) is 0 Å². The second-order valence-corrected chi connectivity index (χ2v) is 7.31. The molecule has 4 rings (SSSR count). The van der Waals surface area contributed by atoms with E-state index in [1.54, 1.807) is 24.3 Å². The zero-order valence-corrected chi connectivity index (χ0v) is 16.1. The van der Waals surface area contributed by atoms with Crippen LogP contribution >= 0.6 is 0 Å². The average Bonchev–Trinajstić information content (AvgIpc) is 3.20. The Hall–Kier alpha value is -2.96. The van der Waals surface area contributed by atoms with Crippen molar-refractivity contribution in [2.45, 2.75) is 12.8 Å². The zero-order chi connectivity index (χ0) is 19.8. The lowest BCUT2D eigenvalue weighted by atomic mass is 10.00. The maximum Gasteiger partial charge on any atom is 0.125 e. The fourth-order valence-corrected chi connectivity index (χ4v) is 3.83. The monoisotopic (exact) mass is 376 g/mol. The molecule has 0 fully saturated rings. The Morgan fingerprint density at radius 2 is 1.32 bits per heavy atom. The van der Waals surface area contributed by atoms with Gasteiger partial charge in [0.1, 0.15) is 11.5 Å². The first-order valence-electron chi connectivity index (χ1n) is 9.41. The predicted molar refractivity (Wildman–Crippen MR) is 108 cm³/mol. The summed E-state index contributed by atoms with van der Waals surface area (Å²) in [6.45, 7) is 1.26. The van der Waals surface area contributed by atoms with Crippen LogP contribution in [0.1, 0.15) is 12.8 Å². The SMILES string of the molecule is CN(C)CCC1=c2c(O)cccc2=NC1=C1N=c2cccc(O)c2=C1CCN. The summed E-state index contributed by atoms with van der Waals surface area (Å²) in [6, 6.07) is 10.7. The van der Waals surface area contributed by atoms with Gasteiger partial charge in [0.15, 0.2) is 0 Å². The van der Waals surface area contributed by atoms with Crippen molar-refractivity contribution in [1.82, 2.24) is 4.90 Å². The molecule has 0 saturated carbocycles. The highest BCUT2D eigenvalue weighted by Crippen LogP contribution is 2.31. The number of nitrogens with zero attached hydrogens (tertiary/aromatic N) is 3. The van der Waals surface area contributed by atoms with Crippen LogP contribution in [0, 0.1) is 0 Å². The first-order valence-corrected chi connectivity index (χ1v) is 9.41. The lowest BCUT2D eigenvalue weighted by Crippen LogP contribution is -2.24. The number of hydrogen-bond donors (Lipinski definition) is 3. The highest BCUT2D eigenvalue weighted by Gasteiger charge is 2.24. The number of nitrogens with two attached hydrogens (primary N) is 1. The number of allylic oxidation sites excluding steroid dienone is 2. The van der Waals surface area contributed by atoms with Gasteiger partial charge in [-0.05, 0) is 68.9 Å². The van der Waals surface area contributed by atoms with Crippen LogP contribution in [0.5, 0.6) is 11.5 Å². The number of hydrogen-bond acceptors (Lipinski definition) is 6. The fourth-order valence-electron chi connectivity index (χ4n) is 3.83. The van der Waals surface area contributed by atoms with Crippen LogP contribution in [-0.4, -0.2) is 42.3 Å². The van der Waals surface area contributed by atoms with Crippen molar-refractivity contribution >= 4 is 11.1 Å². The quantitative estimate of drug-likeness (QED) is 0.678. The summed E-state index contributed by atoms with van der Waals surface area (Å²) >= 11 is 0. The molecule has 28 heavy (non-hydrogen) atoms. The van der Waals surface area contributed by atoms with Gasteiger partial charge in [0.2, 0.25) is 0 Å². The van der Waals surface area contributed by atoms with Gasteiger partial charge in [-0.25, -0.2) is 9.98 Å². The number of phenols is 2. The Morgan fingerprint density at radius 1 is 0.821 bits per heavy atom. The van der Waals surface area contributed by atoms with E-state index in [0.29, 0.717) is 13.0 Å². The van der Waals surface area contributed by atoms with Crippen LogP contribution in [0.15, 0.2) is 57.8 Å². The lowest BCUT2D eigenvalue weighted by molar-refractivity contribution is 0.419.